The Balaban J connectivity index is 2.69. The molecule has 2 N–H and O–H groups in total. The van der Waals surface area contributed by atoms with Gasteiger partial charge in [0.15, 0.2) is 0 Å². The largest absolute Gasteiger partial charge is 0.477 e. The zero-order chi connectivity index (χ0) is 10.3. The SMILES string of the molecule is O=C(O)c1c[nH]c(=O)n(C2CC2)c1=O. The van der Waals surface area contributed by atoms with Gasteiger partial charge >= 0.3 is 11.7 Å². The molecule has 0 unspecified atom stereocenters. The van der Waals surface area contributed by atoms with Crippen LogP contribution in [0.1, 0.15) is 29.2 Å². The maximum atomic E-state index is 11.5. The van der Waals surface area contributed by atoms with Crippen molar-refractivity contribution < 1.29 is 9.90 Å². The molecule has 1 aliphatic rings. The van der Waals surface area contributed by atoms with Gasteiger partial charge in [0.2, 0.25) is 0 Å². The van der Waals surface area contributed by atoms with Gasteiger partial charge in [-0.25, -0.2) is 9.59 Å². The van der Waals surface area contributed by atoms with Crippen LogP contribution in [0.5, 0.6) is 0 Å². The van der Waals surface area contributed by atoms with Gasteiger partial charge in [-0.15, -0.1) is 0 Å². The van der Waals surface area contributed by atoms with Crippen LogP contribution in [-0.4, -0.2) is 20.6 Å². The Morgan fingerprint density at radius 2 is 2.14 bits per heavy atom. The highest BCUT2D eigenvalue weighted by molar-refractivity contribution is 5.86. The molecule has 2 rings (SSSR count). The van der Waals surface area contributed by atoms with E-state index in [-0.39, 0.29) is 6.04 Å². The smallest absolute Gasteiger partial charge is 0.342 e. The summed E-state index contributed by atoms with van der Waals surface area (Å²) in [6, 6.07) is -0.120. The molecule has 1 aliphatic carbocycles. The summed E-state index contributed by atoms with van der Waals surface area (Å²) in [7, 11) is 0. The molecule has 0 amide bonds. The number of hydrogen-bond donors (Lipinski definition) is 2. The highest BCUT2D eigenvalue weighted by Crippen LogP contribution is 2.31. The van der Waals surface area contributed by atoms with Gasteiger partial charge in [-0.3, -0.25) is 9.36 Å². The molecule has 0 radical (unpaired) electrons. The lowest BCUT2D eigenvalue weighted by Gasteiger charge is -2.01. The lowest BCUT2D eigenvalue weighted by Crippen LogP contribution is -2.37. The third-order valence-corrected chi connectivity index (χ3v) is 2.15. The van der Waals surface area contributed by atoms with Gasteiger partial charge in [-0.1, -0.05) is 0 Å². The average molecular weight is 196 g/mol. The van der Waals surface area contributed by atoms with Crippen LogP contribution < -0.4 is 11.2 Å². The molecule has 0 saturated heterocycles. The molecule has 6 nitrogen and oxygen atoms in total. The molecule has 0 bridgehead atoms. The number of hydrogen-bond acceptors (Lipinski definition) is 3. The van der Waals surface area contributed by atoms with Gasteiger partial charge in [-0.2, -0.15) is 0 Å². The highest BCUT2D eigenvalue weighted by atomic mass is 16.4. The van der Waals surface area contributed by atoms with Crippen molar-refractivity contribution in [3.05, 3.63) is 32.6 Å². The van der Waals surface area contributed by atoms with Crippen molar-refractivity contribution in [2.45, 2.75) is 18.9 Å². The Hall–Kier alpha value is -1.85. The molecule has 1 aromatic heterocycles. The van der Waals surface area contributed by atoms with Crippen molar-refractivity contribution in [2.75, 3.05) is 0 Å². The average Bonchev–Trinajstić information content (AvgIpc) is 2.87. The summed E-state index contributed by atoms with van der Waals surface area (Å²) in [5.41, 5.74) is -1.65. The van der Waals surface area contributed by atoms with E-state index in [2.05, 4.69) is 4.98 Å². The molecule has 0 aromatic carbocycles. The third-order valence-electron chi connectivity index (χ3n) is 2.15. The van der Waals surface area contributed by atoms with Crippen LogP contribution >= 0.6 is 0 Å². The summed E-state index contributed by atoms with van der Waals surface area (Å²) in [6.07, 6.45) is 2.45. The van der Waals surface area contributed by atoms with Gasteiger partial charge in [0, 0.05) is 12.2 Å². The van der Waals surface area contributed by atoms with E-state index in [1.807, 2.05) is 0 Å². The first-order chi connectivity index (χ1) is 6.61. The van der Waals surface area contributed by atoms with Crippen LogP contribution in [0, 0.1) is 0 Å². The van der Waals surface area contributed by atoms with Crippen molar-refractivity contribution >= 4 is 5.97 Å². The van der Waals surface area contributed by atoms with Crippen molar-refractivity contribution in [1.82, 2.24) is 9.55 Å². The van der Waals surface area contributed by atoms with Gasteiger partial charge in [-0.05, 0) is 12.8 Å². The van der Waals surface area contributed by atoms with Gasteiger partial charge in [0.1, 0.15) is 5.56 Å². The molecule has 1 aromatic rings. The molecule has 1 saturated carbocycles. The van der Waals surface area contributed by atoms with Crippen LogP contribution in [0.3, 0.4) is 0 Å². The molecule has 0 aliphatic heterocycles. The Labute approximate surface area is 77.8 Å². The van der Waals surface area contributed by atoms with Crippen LogP contribution in [0.15, 0.2) is 15.8 Å². The van der Waals surface area contributed by atoms with E-state index in [4.69, 9.17) is 5.11 Å². The predicted octanol–water partition coefficient (Wildman–Crippen LogP) is -0.430. The Morgan fingerprint density at radius 3 is 2.64 bits per heavy atom. The fourth-order valence-electron chi connectivity index (χ4n) is 1.30. The number of aromatic nitrogens is 2. The van der Waals surface area contributed by atoms with Gasteiger partial charge in [0.05, 0.1) is 0 Å². The first-order valence-corrected chi connectivity index (χ1v) is 4.19. The molecule has 74 valence electrons. The van der Waals surface area contributed by atoms with E-state index in [1.165, 1.54) is 0 Å². The minimum absolute atomic E-state index is 0.120. The van der Waals surface area contributed by atoms with E-state index in [0.29, 0.717) is 0 Å². The first-order valence-electron chi connectivity index (χ1n) is 4.19. The predicted molar refractivity (Wildman–Crippen MR) is 46.6 cm³/mol. The van der Waals surface area contributed by atoms with Crippen molar-refractivity contribution in [2.24, 2.45) is 0 Å². The van der Waals surface area contributed by atoms with Crippen molar-refractivity contribution in [3.63, 3.8) is 0 Å². The van der Waals surface area contributed by atoms with E-state index in [0.717, 1.165) is 23.6 Å². The number of aromatic carboxylic acids is 1. The zero-order valence-electron chi connectivity index (χ0n) is 7.19. The quantitative estimate of drug-likeness (QED) is 0.671. The third kappa shape index (κ3) is 1.24. The Bertz CT molecular complexity index is 495. The molecular weight excluding hydrogens is 188 g/mol. The summed E-state index contributed by atoms with van der Waals surface area (Å²) in [5.74, 6) is -1.32. The number of nitrogens with zero attached hydrogens (tertiary/aromatic N) is 1. The lowest BCUT2D eigenvalue weighted by atomic mass is 10.3. The Kier molecular flexibility index (Phi) is 1.77. The van der Waals surface area contributed by atoms with Crippen molar-refractivity contribution in [1.29, 1.82) is 0 Å². The molecule has 14 heavy (non-hydrogen) atoms. The molecule has 1 heterocycles. The summed E-state index contributed by atoms with van der Waals surface area (Å²) in [4.78, 5) is 35.5. The molecule has 0 atom stereocenters. The number of nitrogens with one attached hydrogen (secondary N) is 1. The number of H-pyrrole nitrogens is 1. The normalized spacial score (nSPS) is 15.4. The van der Waals surface area contributed by atoms with E-state index < -0.39 is 22.8 Å². The highest BCUT2D eigenvalue weighted by Gasteiger charge is 2.28. The first kappa shape index (κ1) is 8.74. The lowest BCUT2D eigenvalue weighted by molar-refractivity contribution is 0.0693. The number of rotatable bonds is 2. The molecule has 6 heteroatoms. The standard InChI is InChI=1S/C8H8N2O4/c11-6-5(7(12)13)3-9-8(14)10(6)4-1-2-4/h3-4H,1-2H2,(H,9,14)(H,12,13). The van der Waals surface area contributed by atoms with Crippen molar-refractivity contribution in [3.8, 4) is 0 Å². The monoisotopic (exact) mass is 196 g/mol. The molecule has 1 fully saturated rings. The maximum absolute atomic E-state index is 11.5. The summed E-state index contributed by atoms with van der Waals surface area (Å²) in [6.45, 7) is 0. The minimum Gasteiger partial charge on any atom is -0.477 e. The number of carboxylic acid groups (broad SMARTS) is 1. The fourth-order valence-corrected chi connectivity index (χ4v) is 1.30. The van der Waals surface area contributed by atoms with Gasteiger partial charge in [0.25, 0.3) is 5.56 Å². The minimum atomic E-state index is -1.32. The second kappa shape index (κ2) is 2.83. The van der Waals surface area contributed by atoms with Gasteiger partial charge < -0.3 is 10.1 Å². The van der Waals surface area contributed by atoms with E-state index in [9.17, 15) is 14.4 Å². The number of carbonyl (C=O) groups is 1. The van der Waals surface area contributed by atoms with E-state index >= 15 is 0 Å². The second-order valence-corrected chi connectivity index (χ2v) is 3.22. The van der Waals surface area contributed by atoms with Crippen LogP contribution in [0.25, 0.3) is 0 Å². The zero-order valence-corrected chi connectivity index (χ0v) is 7.19. The number of carboxylic acids is 1. The second-order valence-electron chi connectivity index (χ2n) is 3.22. The summed E-state index contributed by atoms with van der Waals surface area (Å²) < 4.78 is 0.976. The maximum Gasteiger partial charge on any atom is 0.342 e. The Morgan fingerprint density at radius 1 is 1.50 bits per heavy atom. The van der Waals surface area contributed by atoms with E-state index in [1.54, 1.807) is 0 Å². The van der Waals surface area contributed by atoms with Crippen LogP contribution in [0.2, 0.25) is 0 Å². The van der Waals surface area contributed by atoms with Crippen LogP contribution in [0.4, 0.5) is 0 Å². The van der Waals surface area contributed by atoms with Crippen LogP contribution in [-0.2, 0) is 0 Å². The summed E-state index contributed by atoms with van der Waals surface area (Å²) >= 11 is 0. The molecule has 0 spiro atoms. The fraction of sp³-hybridized carbons (Fsp3) is 0.375. The molecular formula is C8H8N2O4. The topological polar surface area (TPSA) is 92.2 Å². The number of aromatic amines is 1. The summed E-state index contributed by atoms with van der Waals surface area (Å²) in [5, 5.41) is 8.65.